The smallest absolute Gasteiger partial charge is 0.257 e. The van der Waals surface area contributed by atoms with Crippen molar-refractivity contribution >= 4 is 11.9 Å². The fourth-order valence-electron chi connectivity index (χ4n) is 1.52. The van der Waals surface area contributed by atoms with Crippen LogP contribution in [-0.4, -0.2) is 45.0 Å². The zero-order valence-electron chi connectivity index (χ0n) is 10.8. The number of unbranched alkanes of at least 4 members (excludes halogenated alkanes) is 1. The highest BCUT2D eigenvalue weighted by Crippen LogP contribution is 2.06. The Morgan fingerprint density at radius 2 is 2.21 bits per heavy atom. The molecule has 8 heteroatoms. The highest BCUT2D eigenvalue weighted by atomic mass is 16.5. The van der Waals surface area contributed by atoms with Gasteiger partial charge in [0.1, 0.15) is 0 Å². The maximum absolute atomic E-state index is 5.65. The number of nitrogens with one attached hydrogen (secondary N) is 1. The molecular formula is C11H17N7O. The van der Waals surface area contributed by atoms with Crippen LogP contribution in [0.5, 0.6) is 0 Å². The number of hydrogen-bond acceptors (Lipinski definition) is 7. The zero-order valence-corrected chi connectivity index (χ0v) is 10.8. The number of anilines is 2. The molecule has 0 aliphatic carbocycles. The highest BCUT2D eigenvalue weighted by Gasteiger charge is 2.05. The molecule has 2 rings (SSSR count). The van der Waals surface area contributed by atoms with Crippen molar-refractivity contribution < 1.29 is 4.74 Å². The SMILES string of the molecule is COCCCCNc1nc(N)nc(-n2cccn2)n1. The Morgan fingerprint density at radius 3 is 2.95 bits per heavy atom. The fraction of sp³-hybridized carbons (Fsp3) is 0.455. The summed E-state index contributed by atoms with van der Waals surface area (Å²) in [6.45, 7) is 1.50. The lowest BCUT2D eigenvalue weighted by molar-refractivity contribution is 0.193. The van der Waals surface area contributed by atoms with Crippen LogP contribution >= 0.6 is 0 Å². The maximum atomic E-state index is 5.65. The average Bonchev–Trinajstić information content (AvgIpc) is 2.92. The molecule has 0 spiro atoms. The minimum Gasteiger partial charge on any atom is -0.385 e. The topological polar surface area (TPSA) is 104 Å². The predicted molar refractivity (Wildman–Crippen MR) is 71.0 cm³/mol. The summed E-state index contributed by atoms with van der Waals surface area (Å²) in [4.78, 5) is 12.3. The van der Waals surface area contributed by atoms with Gasteiger partial charge in [-0.15, -0.1) is 0 Å². The van der Waals surface area contributed by atoms with Crippen molar-refractivity contribution in [3.05, 3.63) is 18.5 Å². The van der Waals surface area contributed by atoms with Crippen LogP contribution in [0.2, 0.25) is 0 Å². The number of ether oxygens (including phenoxy) is 1. The first-order valence-corrected chi connectivity index (χ1v) is 6.04. The normalized spacial score (nSPS) is 10.6. The number of aromatic nitrogens is 5. The number of nitrogens with zero attached hydrogens (tertiary/aromatic N) is 5. The summed E-state index contributed by atoms with van der Waals surface area (Å²) >= 11 is 0. The lowest BCUT2D eigenvalue weighted by Gasteiger charge is -2.06. The van der Waals surface area contributed by atoms with Crippen molar-refractivity contribution in [2.45, 2.75) is 12.8 Å². The summed E-state index contributed by atoms with van der Waals surface area (Å²) in [7, 11) is 1.69. The number of hydrogen-bond donors (Lipinski definition) is 2. The molecule has 2 aromatic heterocycles. The number of nitrogens with two attached hydrogens (primary N) is 1. The van der Waals surface area contributed by atoms with Gasteiger partial charge >= 0.3 is 0 Å². The minimum absolute atomic E-state index is 0.167. The Balaban J connectivity index is 1.97. The van der Waals surface area contributed by atoms with Crippen LogP contribution < -0.4 is 11.1 Å². The summed E-state index contributed by atoms with van der Waals surface area (Å²) in [6.07, 6.45) is 5.35. The molecule has 3 N–H and O–H groups in total. The molecule has 0 atom stereocenters. The van der Waals surface area contributed by atoms with Crippen LogP contribution in [0.15, 0.2) is 18.5 Å². The lowest BCUT2D eigenvalue weighted by atomic mass is 10.3. The van der Waals surface area contributed by atoms with E-state index in [1.54, 1.807) is 25.6 Å². The number of nitrogen functional groups attached to an aromatic ring is 1. The molecule has 0 saturated heterocycles. The Labute approximate surface area is 111 Å². The molecule has 0 fully saturated rings. The third-order valence-corrected chi connectivity index (χ3v) is 2.41. The van der Waals surface area contributed by atoms with Gasteiger partial charge in [0.2, 0.25) is 11.9 Å². The summed E-state index contributed by atoms with van der Waals surface area (Å²) in [5.74, 6) is 1.02. The molecule has 2 heterocycles. The van der Waals surface area contributed by atoms with Gasteiger partial charge in [-0.05, 0) is 18.9 Å². The van der Waals surface area contributed by atoms with E-state index in [1.165, 1.54) is 4.68 Å². The molecule has 2 aromatic rings. The van der Waals surface area contributed by atoms with Crippen LogP contribution in [-0.2, 0) is 4.74 Å². The number of methoxy groups -OCH3 is 1. The van der Waals surface area contributed by atoms with Gasteiger partial charge in [-0.3, -0.25) is 0 Å². The molecule has 0 radical (unpaired) electrons. The van der Waals surface area contributed by atoms with Gasteiger partial charge in [-0.25, -0.2) is 4.68 Å². The molecule has 102 valence electrons. The van der Waals surface area contributed by atoms with Gasteiger partial charge in [0.05, 0.1) is 0 Å². The summed E-state index contributed by atoms with van der Waals surface area (Å²) in [6, 6.07) is 1.79. The first-order chi connectivity index (χ1) is 9.29. The van der Waals surface area contributed by atoms with E-state index in [4.69, 9.17) is 10.5 Å². The second-order valence-electron chi connectivity index (χ2n) is 3.89. The van der Waals surface area contributed by atoms with E-state index >= 15 is 0 Å². The van der Waals surface area contributed by atoms with Crippen LogP contribution in [0.1, 0.15) is 12.8 Å². The van der Waals surface area contributed by atoms with E-state index in [9.17, 15) is 0 Å². The lowest BCUT2D eigenvalue weighted by Crippen LogP contribution is -2.12. The molecular weight excluding hydrogens is 246 g/mol. The monoisotopic (exact) mass is 263 g/mol. The van der Waals surface area contributed by atoms with Crippen molar-refractivity contribution in [2.24, 2.45) is 0 Å². The molecule has 0 unspecified atom stereocenters. The van der Waals surface area contributed by atoms with E-state index in [-0.39, 0.29) is 5.95 Å². The fourth-order valence-corrected chi connectivity index (χ4v) is 1.52. The Morgan fingerprint density at radius 1 is 1.32 bits per heavy atom. The van der Waals surface area contributed by atoms with Gasteiger partial charge < -0.3 is 15.8 Å². The largest absolute Gasteiger partial charge is 0.385 e. The Hall–Kier alpha value is -2.22. The van der Waals surface area contributed by atoms with E-state index in [1.807, 2.05) is 0 Å². The van der Waals surface area contributed by atoms with Crippen molar-refractivity contribution in [1.29, 1.82) is 0 Å². The molecule has 19 heavy (non-hydrogen) atoms. The standard InChI is InChI=1S/C11H17N7O/c1-19-8-3-2-5-13-10-15-9(12)16-11(17-10)18-7-4-6-14-18/h4,6-7H,2-3,5,8H2,1H3,(H3,12,13,15,16,17). The third-order valence-electron chi connectivity index (χ3n) is 2.41. The molecule has 0 amide bonds. The van der Waals surface area contributed by atoms with E-state index < -0.39 is 0 Å². The van der Waals surface area contributed by atoms with Gasteiger partial charge in [-0.1, -0.05) is 0 Å². The van der Waals surface area contributed by atoms with Gasteiger partial charge in [0.15, 0.2) is 0 Å². The first-order valence-electron chi connectivity index (χ1n) is 6.04. The van der Waals surface area contributed by atoms with Crippen molar-refractivity contribution in [1.82, 2.24) is 24.7 Å². The highest BCUT2D eigenvalue weighted by molar-refractivity contribution is 5.34. The quantitative estimate of drug-likeness (QED) is 0.700. The zero-order chi connectivity index (χ0) is 13.5. The van der Waals surface area contributed by atoms with Crippen LogP contribution in [0, 0.1) is 0 Å². The van der Waals surface area contributed by atoms with E-state index in [2.05, 4.69) is 25.4 Å². The van der Waals surface area contributed by atoms with Gasteiger partial charge in [-0.2, -0.15) is 20.1 Å². The van der Waals surface area contributed by atoms with Crippen molar-refractivity contribution in [2.75, 3.05) is 31.3 Å². The second-order valence-corrected chi connectivity index (χ2v) is 3.89. The van der Waals surface area contributed by atoms with Crippen molar-refractivity contribution in [3.8, 4) is 5.95 Å². The molecule has 0 aliphatic heterocycles. The summed E-state index contributed by atoms with van der Waals surface area (Å²) < 4.78 is 6.52. The first kappa shape index (κ1) is 13.2. The van der Waals surface area contributed by atoms with E-state index in [0.717, 1.165) is 26.0 Å². The Kier molecular flexibility index (Phi) is 4.62. The summed E-state index contributed by atoms with van der Waals surface area (Å²) in [5.41, 5.74) is 5.65. The predicted octanol–water partition coefficient (Wildman–Crippen LogP) is 0.478. The van der Waals surface area contributed by atoms with Crippen LogP contribution in [0.25, 0.3) is 5.95 Å². The molecule has 0 aromatic carbocycles. The molecule has 0 saturated carbocycles. The minimum atomic E-state index is 0.167. The third kappa shape index (κ3) is 3.88. The van der Waals surface area contributed by atoms with E-state index in [0.29, 0.717) is 11.9 Å². The Bertz CT molecular complexity index is 500. The summed E-state index contributed by atoms with van der Waals surface area (Å²) in [5, 5.41) is 7.16. The van der Waals surface area contributed by atoms with Crippen LogP contribution in [0.4, 0.5) is 11.9 Å². The molecule has 0 bridgehead atoms. The maximum Gasteiger partial charge on any atom is 0.257 e. The van der Waals surface area contributed by atoms with Gasteiger partial charge in [0, 0.05) is 32.7 Å². The molecule has 0 aliphatic rings. The van der Waals surface area contributed by atoms with Crippen molar-refractivity contribution in [3.63, 3.8) is 0 Å². The molecule has 8 nitrogen and oxygen atoms in total. The average molecular weight is 263 g/mol. The van der Waals surface area contributed by atoms with Crippen LogP contribution in [0.3, 0.4) is 0 Å². The second kappa shape index (κ2) is 6.64. The number of rotatable bonds is 7. The van der Waals surface area contributed by atoms with Gasteiger partial charge in [0.25, 0.3) is 5.95 Å².